The molecule has 2 aromatic carbocycles. The third kappa shape index (κ3) is 4.10. The second kappa shape index (κ2) is 7.71. The van der Waals surface area contributed by atoms with E-state index in [-0.39, 0.29) is 23.2 Å². The van der Waals surface area contributed by atoms with E-state index in [4.69, 9.17) is 4.74 Å². The Balaban J connectivity index is 2.39. The lowest BCUT2D eigenvalue weighted by Crippen LogP contribution is -2.01. The van der Waals surface area contributed by atoms with E-state index < -0.39 is 0 Å². The van der Waals surface area contributed by atoms with Crippen LogP contribution in [0.25, 0.3) is 6.08 Å². The summed E-state index contributed by atoms with van der Waals surface area (Å²) in [5, 5.41) is 19.5. The first kappa shape index (κ1) is 18.3. The molecule has 0 saturated heterocycles. The van der Waals surface area contributed by atoms with Crippen molar-refractivity contribution in [3.8, 4) is 17.2 Å². The third-order valence-corrected chi connectivity index (χ3v) is 4.15. The molecule has 2 N–H and O–H groups in total. The van der Waals surface area contributed by atoms with Gasteiger partial charge in [0.2, 0.25) is 0 Å². The van der Waals surface area contributed by atoms with E-state index in [2.05, 4.69) is 6.58 Å². The van der Waals surface area contributed by atoms with Crippen LogP contribution in [0.4, 0.5) is 0 Å². The van der Waals surface area contributed by atoms with Crippen LogP contribution in [0.1, 0.15) is 41.3 Å². The van der Waals surface area contributed by atoms with Crippen molar-refractivity contribution in [2.75, 3.05) is 7.11 Å². The first-order valence-corrected chi connectivity index (χ1v) is 7.91. The molecule has 2 rings (SSSR count). The number of benzene rings is 2. The highest BCUT2D eigenvalue weighted by Gasteiger charge is 2.19. The maximum Gasteiger partial charge on any atom is 0.185 e. The van der Waals surface area contributed by atoms with Gasteiger partial charge < -0.3 is 14.9 Å². The summed E-state index contributed by atoms with van der Waals surface area (Å²) >= 11 is 0. The van der Waals surface area contributed by atoms with Crippen molar-refractivity contribution in [1.82, 2.24) is 0 Å². The van der Waals surface area contributed by atoms with E-state index in [1.54, 1.807) is 30.3 Å². The van der Waals surface area contributed by atoms with Gasteiger partial charge in [-0.25, -0.2) is 0 Å². The lowest BCUT2D eigenvalue weighted by atomic mass is 9.91. The molecule has 0 aliphatic carbocycles. The fraction of sp³-hybridized carbons (Fsp3) is 0.190. The number of rotatable bonds is 6. The van der Waals surface area contributed by atoms with E-state index in [9.17, 15) is 15.0 Å². The molecule has 0 radical (unpaired) electrons. The van der Waals surface area contributed by atoms with Crippen LogP contribution in [0.15, 0.2) is 54.6 Å². The Morgan fingerprint density at radius 3 is 2.36 bits per heavy atom. The van der Waals surface area contributed by atoms with Gasteiger partial charge in [0.05, 0.1) is 7.11 Å². The third-order valence-electron chi connectivity index (χ3n) is 4.15. The zero-order valence-corrected chi connectivity index (χ0v) is 14.6. The fourth-order valence-electron chi connectivity index (χ4n) is 2.52. The summed E-state index contributed by atoms with van der Waals surface area (Å²) in [5.74, 6) is 0.486. The lowest BCUT2D eigenvalue weighted by Gasteiger charge is -2.19. The molecule has 0 aliphatic heterocycles. The predicted octanol–water partition coefficient (Wildman–Crippen LogP) is 4.68. The van der Waals surface area contributed by atoms with Gasteiger partial charge in [0.1, 0.15) is 17.2 Å². The van der Waals surface area contributed by atoms with E-state index >= 15 is 0 Å². The van der Waals surface area contributed by atoms with Crippen LogP contribution < -0.4 is 4.74 Å². The minimum atomic E-state index is -0.190. The lowest BCUT2D eigenvalue weighted by molar-refractivity contribution is 0.104. The molecule has 0 fully saturated rings. The Kier molecular flexibility index (Phi) is 5.65. The quantitative estimate of drug-likeness (QED) is 0.456. The zero-order chi connectivity index (χ0) is 18.6. The van der Waals surface area contributed by atoms with Crippen LogP contribution in [-0.4, -0.2) is 23.1 Å². The maximum atomic E-state index is 12.3. The van der Waals surface area contributed by atoms with Crippen molar-refractivity contribution in [1.29, 1.82) is 0 Å². The molecule has 2 aromatic rings. The second-order valence-electron chi connectivity index (χ2n) is 5.93. The van der Waals surface area contributed by atoms with Gasteiger partial charge in [-0.2, -0.15) is 0 Å². The SMILES string of the molecule is C=C(C)C(C)c1c(O)ccc(C=CC(=O)c2ccc(O)cc2)c1OC. The minimum absolute atomic E-state index is 0.0869. The number of aromatic hydroxyl groups is 2. The van der Waals surface area contributed by atoms with Crippen LogP contribution in [0.3, 0.4) is 0 Å². The number of ether oxygens (including phenoxy) is 1. The van der Waals surface area contributed by atoms with Crippen LogP contribution >= 0.6 is 0 Å². The van der Waals surface area contributed by atoms with Gasteiger partial charge in [0.25, 0.3) is 0 Å². The van der Waals surface area contributed by atoms with Crippen molar-refractivity contribution in [3.63, 3.8) is 0 Å². The number of hydrogen-bond donors (Lipinski definition) is 2. The molecule has 0 bridgehead atoms. The number of allylic oxidation sites excluding steroid dienone is 2. The van der Waals surface area contributed by atoms with Gasteiger partial charge >= 0.3 is 0 Å². The average Bonchev–Trinajstić information content (AvgIpc) is 2.59. The number of phenolic OH excluding ortho intramolecular Hbond substituents is 2. The second-order valence-corrected chi connectivity index (χ2v) is 5.93. The van der Waals surface area contributed by atoms with Gasteiger partial charge in [-0.15, -0.1) is 0 Å². The molecule has 130 valence electrons. The first-order chi connectivity index (χ1) is 11.8. The molecule has 0 spiro atoms. The zero-order valence-electron chi connectivity index (χ0n) is 14.6. The summed E-state index contributed by atoms with van der Waals surface area (Å²) in [7, 11) is 1.53. The van der Waals surface area contributed by atoms with Gasteiger partial charge in [0.15, 0.2) is 5.78 Å². The monoisotopic (exact) mass is 338 g/mol. The summed E-state index contributed by atoms with van der Waals surface area (Å²) in [5.41, 5.74) is 2.71. The van der Waals surface area contributed by atoms with Gasteiger partial charge in [-0.1, -0.05) is 19.1 Å². The first-order valence-electron chi connectivity index (χ1n) is 7.91. The molecule has 1 unspecified atom stereocenters. The Morgan fingerprint density at radius 1 is 1.16 bits per heavy atom. The Labute approximate surface area is 147 Å². The predicted molar refractivity (Wildman–Crippen MR) is 99.4 cm³/mol. The molecule has 1 atom stereocenters. The number of carbonyl (C=O) groups excluding carboxylic acids is 1. The minimum Gasteiger partial charge on any atom is -0.508 e. The summed E-state index contributed by atoms with van der Waals surface area (Å²) in [6.07, 6.45) is 3.10. The van der Waals surface area contributed by atoms with Crippen molar-refractivity contribution < 1.29 is 19.7 Å². The van der Waals surface area contributed by atoms with E-state index in [1.165, 1.54) is 25.3 Å². The highest BCUT2D eigenvalue weighted by atomic mass is 16.5. The van der Waals surface area contributed by atoms with Crippen molar-refractivity contribution in [2.45, 2.75) is 19.8 Å². The maximum absolute atomic E-state index is 12.3. The van der Waals surface area contributed by atoms with Crippen LogP contribution in [0, 0.1) is 0 Å². The number of ketones is 1. The van der Waals surface area contributed by atoms with Crippen LogP contribution in [-0.2, 0) is 0 Å². The van der Waals surface area contributed by atoms with Gasteiger partial charge in [-0.3, -0.25) is 4.79 Å². The molecule has 4 heteroatoms. The Hall–Kier alpha value is -3.01. The van der Waals surface area contributed by atoms with E-state index in [0.29, 0.717) is 22.4 Å². The summed E-state index contributed by atoms with van der Waals surface area (Å²) in [6, 6.07) is 9.34. The number of hydrogen-bond acceptors (Lipinski definition) is 4. The van der Waals surface area contributed by atoms with Gasteiger partial charge in [-0.05, 0) is 55.5 Å². The summed E-state index contributed by atoms with van der Waals surface area (Å²) in [4.78, 5) is 12.3. The van der Waals surface area contributed by atoms with E-state index in [0.717, 1.165) is 5.57 Å². The molecular formula is C21H22O4. The Morgan fingerprint density at radius 2 is 1.80 bits per heavy atom. The molecule has 25 heavy (non-hydrogen) atoms. The highest BCUT2D eigenvalue weighted by Crippen LogP contribution is 2.40. The molecule has 0 aromatic heterocycles. The molecular weight excluding hydrogens is 316 g/mol. The van der Waals surface area contributed by atoms with Crippen molar-refractivity contribution in [2.24, 2.45) is 0 Å². The fourth-order valence-corrected chi connectivity index (χ4v) is 2.52. The summed E-state index contributed by atoms with van der Waals surface area (Å²) < 4.78 is 5.49. The van der Waals surface area contributed by atoms with E-state index in [1.807, 2.05) is 13.8 Å². The summed E-state index contributed by atoms with van der Waals surface area (Å²) in [6.45, 7) is 7.77. The molecule has 0 amide bonds. The number of methoxy groups -OCH3 is 1. The number of carbonyl (C=O) groups is 1. The van der Waals surface area contributed by atoms with Crippen LogP contribution in [0.5, 0.6) is 17.2 Å². The molecule has 0 saturated carbocycles. The topological polar surface area (TPSA) is 66.8 Å². The normalized spacial score (nSPS) is 12.1. The standard InChI is InChI=1S/C21H22O4/c1-13(2)14(3)20-19(24)12-8-16(21(20)25-4)7-11-18(23)15-5-9-17(22)10-6-15/h5-12,14,22,24H,1H2,2-4H3. The highest BCUT2D eigenvalue weighted by molar-refractivity contribution is 6.07. The molecule has 0 aliphatic rings. The van der Waals surface area contributed by atoms with Crippen LogP contribution in [0.2, 0.25) is 0 Å². The molecule has 0 heterocycles. The average molecular weight is 338 g/mol. The smallest absolute Gasteiger partial charge is 0.185 e. The Bertz CT molecular complexity index is 817. The molecule has 4 nitrogen and oxygen atoms in total. The number of phenols is 2. The van der Waals surface area contributed by atoms with Crippen molar-refractivity contribution >= 4 is 11.9 Å². The van der Waals surface area contributed by atoms with Crippen molar-refractivity contribution in [3.05, 3.63) is 71.3 Å². The largest absolute Gasteiger partial charge is 0.508 e. The van der Waals surface area contributed by atoms with Gasteiger partial charge in [0, 0.05) is 22.6 Å².